The van der Waals surface area contributed by atoms with Crippen molar-refractivity contribution in [1.29, 1.82) is 0 Å². The third-order valence-electron chi connectivity index (χ3n) is 4.57. The van der Waals surface area contributed by atoms with E-state index in [0.717, 1.165) is 6.42 Å². The molecule has 0 aliphatic carbocycles. The van der Waals surface area contributed by atoms with Gasteiger partial charge in [-0.3, -0.25) is 0 Å². The van der Waals surface area contributed by atoms with Crippen LogP contribution in [0.2, 0.25) is 0 Å². The van der Waals surface area contributed by atoms with Gasteiger partial charge >= 0.3 is 0 Å². The van der Waals surface area contributed by atoms with Crippen molar-refractivity contribution >= 4 is 38.4 Å². The van der Waals surface area contributed by atoms with Gasteiger partial charge in [0.1, 0.15) is 0 Å². The number of hydrogen-bond acceptors (Lipinski definition) is 0. The molecular formula is C21H18. The summed E-state index contributed by atoms with van der Waals surface area (Å²) in [6, 6.07) is 20.0. The molecule has 0 aromatic heterocycles. The number of fused-ring (bicyclic) bond motifs is 2. The highest BCUT2D eigenvalue weighted by Gasteiger charge is 2.10. The summed E-state index contributed by atoms with van der Waals surface area (Å²) in [6.45, 7) is 4.39. The van der Waals surface area contributed by atoms with E-state index in [1.165, 1.54) is 43.1 Å². The number of hydrogen-bond donors (Lipinski definition) is 0. The van der Waals surface area contributed by atoms with Gasteiger partial charge in [-0.05, 0) is 56.4 Å². The van der Waals surface area contributed by atoms with Crippen LogP contribution in [-0.2, 0) is 6.42 Å². The molecule has 0 bridgehead atoms. The quantitative estimate of drug-likeness (QED) is 0.328. The lowest BCUT2D eigenvalue weighted by molar-refractivity contribution is 1.16. The van der Waals surface area contributed by atoms with E-state index in [0.29, 0.717) is 0 Å². The molecule has 21 heavy (non-hydrogen) atoms. The van der Waals surface area contributed by atoms with E-state index in [4.69, 9.17) is 0 Å². The SMILES string of the molecule is C/C=c1/c2cccc3cccc(c4cccc(CC)c14)c32. The van der Waals surface area contributed by atoms with Gasteiger partial charge in [-0.1, -0.05) is 67.6 Å². The van der Waals surface area contributed by atoms with Crippen LogP contribution in [0.25, 0.3) is 38.4 Å². The summed E-state index contributed by atoms with van der Waals surface area (Å²) in [5.74, 6) is 0. The average molecular weight is 270 g/mol. The highest BCUT2D eigenvalue weighted by atomic mass is 14.1. The van der Waals surface area contributed by atoms with Crippen molar-refractivity contribution in [2.24, 2.45) is 0 Å². The van der Waals surface area contributed by atoms with Crippen LogP contribution in [0.1, 0.15) is 19.4 Å². The number of benzene rings is 4. The van der Waals surface area contributed by atoms with Crippen molar-refractivity contribution < 1.29 is 0 Å². The maximum absolute atomic E-state index is 2.27. The second-order valence-corrected chi connectivity index (χ2v) is 5.60. The van der Waals surface area contributed by atoms with Crippen LogP contribution < -0.4 is 5.22 Å². The molecule has 0 nitrogen and oxygen atoms in total. The van der Waals surface area contributed by atoms with Crippen LogP contribution in [0, 0.1) is 0 Å². The van der Waals surface area contributed by atoms with E-state index < -0.39 is 0 Å². The van der Waals surface area contributed by atoms with Gasteiger partial charge in [0.15, 0.2) is 0 Å². The predicted molar refractivity (Wildman–Crippen MR) is 93.7 cm³/mol. The minimum atomic E-state index is 1.07. The van der Waals surface area contributed by atoms with Crippen molar-refractivity contribution in [1.82, 2.24) is 0 Å². The maximum atomic E-state index is 2.27. The fourth-order valence-corrected chi connectivity index (χ4v) is 3.66. The van der Waals surface area contributed by atoms with Gasteiger partial charge in [0, 0.05) is 0 Å². The fraction of sp³-hybridized carbons (Fsp3) is 0.143. The van der Waals surface area contributed by atoms with Gasteiger partial charge in [-0.25, -0.2) is 0 Å². The minimum absolute atomic E-state index is 1.07. The van der Waals surface area contributed by atoms with Crippen LogP contribution in [0.3, 0.4) is 0 Å². The van der Waals surface area contributed by atoms with Gasteiger partial charge in [0.2, 0.25) is 0 Å². The third-order valence-corrected chi connectivity index (χ3v) is 4.57. The molecule has 0 heterocycles. The summed E-state index contributed by atoms with van der Waals surface area (Å²) in [5.41, 5.74) is 1.44. The zero-order valence-electron chi connectivity index (χ0n) is 12.5. The molecule has 0 fully saturated rings. The van der Waals surface area contributed by atoms with Crippen LogP contribution in [0.15, 0.2) is 54.6 Å². The first kappa shape index (κ1) is 12.4. The van der Waals surface area contributed by atoms with Crippen LogP contribution in [0.5, 0.6) is 0 Å². The molecule has 0 unspecified atom stereocenters. The van der Waals surface area contributed by atoms with Gasteiger partial charge in [0.05, 0.1) is 0 Å². The summed E-state index contributed by atoms with van der Waals surface area (Å²) >= 11 is 0. The normalized spacial score (nSPS) is 12.8. The Hall–Kier alpha value is -2.34. The largest absolute Gasteiger partial charge is 0.0791 e. The van der Waals surface area contributed by atoms with Crippen molar-refractivity contribution in [3.05, 3.63) is 65.4 Å². The van der Waals surface area contributed by atoms with Gasteiger partial charge in [-0.2, -0.15) is 0 Å². The molecule has 102 valence electrons. The molecule has 4 aromatic carbocycles. The minimum Gasteiger partial charge on any atom is -0.0791 e. The summed E-state index contributed by atoms with van der Waals surface area (Å²) < 4.78 is 0. The molecule has 0 N–H and O–H groups in total. The molecule has 0 heteroatoms. The third kappa shape index (κ3) is 1.62. The molecule has 0 saturated heterocycles. The standard InChI is InChI=1S/C21H18/c1-3-14-8-5-12-18-19-13-7-10-15-9-6-11-17(21(15)19)16(4-2)20(14)18/h4-13H,3H2,1-2H3/b16-4-. The zero-order valence-corrected chi connectivity index (χ0v) is 12.5. The van der Waals surface area contributed by atoms with E-state index in [1.807, 2.05) is 0 Å². The molecular weight excluding hydrogens is 252 g/mol. The number of rotatable bonds is 1. The molecule has 0 atom stereocenters. The first-order valence-corrected chi connectivity index (χ1v) is 7.66. The second-order valence-electron chi connectivity index (χ2n) is 5.60. The van der Waals surface area contributed by atoms with Crippen molar-refractivity contribution in [2.75, 3.05) is 0 Å². The molecule has 0 spiro atoms. The monoisotopic (exact) mass is 270 g/mol. The molecule has 0 amide bonds. The highest BCUT2D eigenvalue weighted by molar-refractivity contribution is 6.22. The Balaban J connectivity index is 2.48. The fourth-order valence-electron chi connectivity index (χ4n) is 3.66. The van der Waals surface area contributed by atoms with Gasteiger partial charge < -0.3 is 0 Å². The molecule has 4 rings (SSSR count). The summed E-state index contributed by atoms with van der Waals surface area (Å²) in [4.78, 5) is 0. The topological polar surface area (TPSA) is 0 Å². The molecule has 0 radical (unpaired) electrons. The van der Waals surface area contributed by atoms with Crippen molar-refractivity contribution in [2.45, 2.75) is 20.3 Å². The maximum Gasteiger partial charge on any atom is -0.00265 e. The predicted octanol–water partition coefficient (Wildman–Crippen LogP) is 5.23. The van der Waals surface area contributed by atoms with Crippen molar-refractivity contribution in [3.63, 3.8) is 0 Å². The zero-order chi connectivity index (χ0) is 14.4. The van der Waals surface area contributed by atoms with Crippen LogP contribution in [-0.4, -0.2) is 0 Å². The van der Waals surface area contributed by atoms with Crippen LogP contribution >= 0.6 is 0 Å². The smallest absolute Gasteiger partial charge is 0.00265 e. The average Bonchev–Trinajstić information content (AvgIpc) is 2.55. The Morgan fingerprint density at radius 3 is 2.05 bits per heavy atom. The first-order valence-electron chi connectivity index (χ1n) is 7.66. The second kappa shape index (κ2) is 4.60. The molecule has 0 aliphatic heterocycles. The Labute approximate surface area is 124 Å². The summed E-state index contributed by atoms with van der Waals surface area (Å²) in [6.07, 6.45) is 3.33. The molecule has 0 saturated carbocycles. The molecule has 0 aliphatic rings. The molecule has 4 aromatic rings. The Kier molecular flexibility index (Phi) is 2.71. The Bertz CT molecular complexity index is 1020. The van der Waals surface area contributed by atoms with E-state index >= 15 is 0 Å². The van der Waals surface area contributed by atoms with Crippen molar-refractivity contribution in [3.8, 4) is 0 Å². The summed E-state index contributed by atoms with van der Waals surface area (Å²) in [7, 11) is 0. The van der Waals surface area contributed by atoms with Gasteiger partial charge in [-0.15, -0.1) is 0 Å². The Morgan fingerprint density at radius 2 is 1.38 bits per heavy atom. The van der Waals surface area contributed by atoms with E-state index in [1.54, 1.807) is 0 Å². The van der Waals surface area contributed by atoms with Gasteiger partial charge in [0.25, 0.3) is 0 Å². The highest BCUT2D eigenvalue weighted by Crippen LogP contribution is 2.31. The van der Waals surface area contributed by atoms with E-state index in [9.17, 15) is 0 Å². The first-order chi connectivity index (χ1) is 10.3. The van der Waals surface area contributed by atoms with Crippen LogP contribution in [0.4, 0.5) is 0 Å². The van der Waals surface area contributed by atoms with E-state index in [-0.39, 0.29) is 0 Å². The lowest BCUT2D eigenvalue weighted by atomic mass is 9.90. The number of aryl methyl sites for hydroxylation is 1. The lowest BCUT2D eigenvalue weighted by Crippen LogP contribution is -2.07. The van der Waals surface area contributed by atoms with E-state index in [2.05, 4.69) is 74.5 Å². The lowest BCUT2D eigenvalue weighted by Gasteiger charge is -2.13. The Morgan fingerprint density at radius 1 is 0.762 bits per heavy atom. The summed E-state index contributed by atoms with van der Waals surface area (Å²) in [5, 5.41) is 9.66.